The predicted octanol–water partition coefficient (Wildman–Crippen LogP) is 4.24. The third-order valence-corrected chi connectivity index (χ3v) is 11.6. The zero-order chi connectivity index (χ0) is 26.1. The van der Waals surface area contributed by atoms with Crippen LogP contribution in [0.2, 0.25) is 0 Å². The van der Waals surface area contributed by atoms with Crippen molar-refractivity contribution in [1.82, 2.24) is 9.47 Å². The standard InChI is InChI=1S/C29H26N2O5S2/c32-19(33)12-7-13-30-26(34)22-17-14-18(23(22)27(30)35)24-21(17)20(15-8-3-1-4-9-15)25-28(37-24)31(29(36)38-25)16-10-5-2-6-11-16/h1-6,8-11,17-18,20-24H,7,12-14H2,(H,32,33)/t17-,18+,20-,21+,22+,23+,24+/m0/s1. The second kappa shape index (κ2) is 8.95. The zero-order valence-electron chi connectivity index (χ0n) is 20.4. The molecule has 3 fully saturated rings. The van der Waals surface area contributed by atoms with Gasteiger partial charge in [-0.05, 0) is 48.3 Å². The van der Waals surface area contributed by atoms with Gasteiger partial charge in [0, 0.05) is 29.0 Å². The fourth-order valence-corrected chi connectivity index (χ4v) is 10.7. The number of imide groups is 1. The Labute approximate surface area is 227 Å². The number of thiazole rings is 1. The van der Waals surface area contributed by atoms with E-state index in [2.05, 4.69) is 12.1 Å². The Balaban J connectivity index is 1.31. The molecular formula is C29H26N2O5S2. The van der Waals surface area contributed by atoms with E-state index < -0.39 is 5.97 Å². The van der Waals surface area contributed by atoms with Crippen LogP contribution in [0, 0.1) is 29.6 Å². The van der Waals surface area contributed by atoms with Crippen molar-refractivity contribution in [3.63, 3.8) is 0 Å². The average molecular weight is 547 g/mol. The summed E-state index contributed by atoms with van der Waals surface area (Å²) in [6, 6.07) is 19.9. The van der Waals surface area contributed by atoms with Crippen LogP contribution in [-0.4, -0.2) is 44.2 Å². The lowest BCUT2D eigenvalue weighted by Gasteiger charge is -2.43. The first-order valence-corrected chi connectivity index (χ1v) is 14.7. The maximum Gasteiger partial charge on any atom is 0.312 e. The highest BCUT2D eigenvalue weighted by atomic mass is 32.2. The van der Waals surface area contributed by atoms with E-state index in [1.807, 2.05) is 53.1 Å². The first-order chi connectivity index (χ1) is 18.5. The largest absolute Gasteiger partial charge is 0.481 e. The Bertz CT molecular complexity index is 1500. The van der Waals surface area contributed by atoms with E-state index >= 15 is 0 Å². The van der Waals surface area contributed by atoms with Crippen LogP contribution < -0.4 is 4.87 Å². The molecule has 3 aromatic rings. The molecule has 2 aromatic carbocycles. The quantitative estimate of drug-likeness (QED) is 0.465. The summed E-state index contributed by atoms with van der Waals surface area (Å²) in [5, 5.41) is 10.1. The molecule has 1 N–H and O–H groups in total. The van der Waals surface area contributed by atoms with Crippen LogP contribution in [0.15, 0.2) is 70.5 Å². The highest BCUT2D eigenvalue weighted by Gasteiger charge is 2.69. The highest BCUT2D eigenvalue weighted by Crippen LogP contribution is 2.68. The van der Waals surface area contributed by atoms with Gasteiger partial charge >= 0.3 is 10.8 Å². The molecule has 2 saturated carbocycles. The number of carbonyl (C=O) groups is 3. The highest BCUT2D eigenvalue weighted by molar-refractivity contribution is 8.00. The number of aromatic nitrogens is 1. The Morgan fingerprint density at radius 1 is 0.921 bits per heavy atom. The number of thioether (sulfide) groups is 1. The van der Waals surface area contributed by atoms with Gasteiger partial charge in [-0.15, -0.1) is 11.8 Å². The number of aliphatic carboxylic acids is 1. The van der Waals surface area contributed by atoms with Crippen molar-refractivity contribution in [1.29, 1.82) is 0 Å². The summed E-state index contributed by atoms with van der Waals surface area (Å²) in [7, 11) is 0. The summed E-state index contributed by atoms with van der Waals surface area (Å²) in [4.78, 5) is 53.9. The number of hydrogen-bond acceptors (Lipinski definition) is 6. The number of carboxylic acids is 1. The van der Waals surface area contributed by atoms with Gasteiger partial charge in [0.15, 0.2) is 0 Å². The normalized spacial score (nSPS) is 30.8. The van der Waals surface area contributed by atoms with E-state index in [0.29, 0.717) is 0 Å². The van der Waals surface area contributed by atoms with Gasteiger partial charge in [-0.25, -0.2) is 0 Å². The molecule has 4 aliphatic rings. The fraction of sp³-hybridized carbons (Fsp3) is 0.379. The molecule has 7 nitrogen and oxygen atoms in total. The maximum absolute atomic E-state index is 13.6. The monoisotopic (exact) mass is 546 g/mol. The maximum atomic E-state index is 13.6. The minimum absolute atomic E-state index is 0.0139. The lowest BCUT2D eigenvalue weighted by atomic mass is 9.68. The molecule has 0 spiro atoms. The van der Waals surface area contributed by atoms with E-state index in [4.69, 9.17) is 5.11 Å². The van der Waals surface area contributed by atoms with Gasteiger partial charge in [0.1, 0.15) is 0 Å². The number of fused-ring (bicyclic) bond motifs is 9. The van der Waals surface area contributed by atoms with E-state index in [-0.39, 0.29) is 76.8 Å². The number of carboxylic acid groups (broad SMARTS) is 1. The summed E-state index contributed by atoms with van der Waals surface area (Å²) < 4.78 is 1.82. The number of nitrogens with zero attached hydrogens (tertiary/aromatic N) is 2. The molecule has 1 aromatic heterocycles. The second-order valence-electron chi connectivity index (χ2n) is 10.7. The lowest BCUT2D eigenvalue weighted by Crippen LogP contribution is -2.43. The Morgan fingerprint density at radius 2 is 1.58 bits per heavy atom. The van der Waals surface area contributed by atoms with Crippen LogP contribution in [0.25, 0.3) is 5.69 Å². The number of likely N-dealkylation sites (tertiary alicyclic amines) is 1. The molecule has 194 valence electrons. The van der Waals surface area contributed by atoms with Crippen molar-refractivity contribution in [3.8, 4) is 5.69 Å². The van der Waals surface area contributed by atoms with Crippen molar-refractivity contribution in [2.45, 2.75) is 35.5 Å². The summed E-state index contributed by atoms with van der Waals surface area (Å²) in [6.45, 7) is 0.169. The molecule has 1 saturated heterocycles. The van der Waals surface area contributed by atoms with Crippen LogP contribution in [-0.2, 0) is 14.4 Å². The molecule has 2 bridgehead atoms. The van der Waals surface area contributed by atoms with Gasteiger partial charge in [-0.3, -0.25) is 28.6 Å². The number of hydrogen-bond donors (Lipinski definition) is 1. The van der Waals surface area contributed by atoms with Crippen molar-refractivity contribution in [2.24, 2.45) is 29.6 Å². The number of amides is 2. The smallest absolute Gasteiger partial charge is 0.312 e. The SMILES string of the molecule is O=C(O)CCCN1C(=O)[C@@H]2[C@H]3C[C@@H]([C@H]4Sc5c(sc(=O)n5-c5ccccc5)[C@@H](c5ccccc5)[C@@H]34)[C@H]2C1=O. The summed E-state index contributed by atoms with van der Waals surface area (Å²) in [5.74, 6) is -1.63. The van der Waals surface area contributed by atoms with E-state index in [0.717, 1.165) is 27.6 Å². The lowest BCUT2D eigenvalue weighted by molar-refractivity contribution is -0.142. The third kappa shape index (κ3) is 3.41. The summed E-state index contributed by atoms with van der Waals surface area (Å²) in [6.07, 6.45) is 1.05. The molecule has 7 atom stereocenters. The summed E-state index contributed by atoms with van der Waals surface area (Å²) in [5.41, 5.74) is 1.98. The van der Waals surface area contributed by atoms with Crippen molar-refractivity contribution >= 4 is 40.9 Å². The number of para-hydroxylation sites is 1. The molecular weight excluding hydrogens is 520 g/mol. The van der Waals surface area contributed by atoms with Gasteiger partial charge in [0.2, 0.25) is 11.8 Å². The Hall–Kier alpha value is -3.17. The van der Waals surface area contributed by atoms with Crippen molar-refractivity contribution in [2.75, 3.05) is 6.54 Å². The molecule has 0 radical (unpaired) electrons. The van der Waals surface area contributed by atoms with E-state index in [1.54, 1.807) is 11.8 Å². The van der Waals surface area contributed by atoms with Crippen LogP contribution in [0.3, 0.4) is 0 Å². The Morgan fingerprint density at radius 3 is 2.26 bits per heavy atom. The Kier molecular flexibility index (Phi) is 5.63. The molecule has 2 aliphatic heterocycles. The fourth-order valence-electron chi connectivity index (χ4n) is 7.58. The zero-order valence-corrected chi connectivity index (χ0v) is 22.1. The average Bonchev–Trinajstić information content (AvgIpc) is 3.64. The topological polar surface area (TPSA) is 96.7 Å². The van der Waals surface area contributed by atoms with Gasteiger partial charge in [-0.2, -0.15) is 0 Å². The molecule has 2 amide bonds. The van der Waals surface area contributed by atoms with Crippen LogP contribution >= 0.6 is 23.1 Å². The van der Waals surface area contributed by atoms with Gasteiger partial charge in [0.25, 0.3) is 0 Å². The third-order valence-electron chi connectivity index (χ3n) is 8.91. The first kappa shape index (κ1) is 23.9. The van der Waals surface area contributed by atoms with Gasteiger partial charge in [0.05, 0.1) is 22.5 Å². The predicted molar refractivity (Wildman–Crippen MR) is 144 cm³/mol. The summed E-state index contributed by atoms with van der Waals surface area (Å²) >= 11 is 3.02. The molecule has 9 heteroatoms. The first-order valence-electron chi connectivity index (χ1n) is 13.1. The van der Waals surface area contributed by atoms with Crippen LogP contribution in [0.4, 0.5) is 0 Å². The second-order valence-corrected chi connectivity index (χ2v) is 12.9. The molecule has 0 unspecified atom stereocenters. The van der Waals surface area contributed by atoms with Crippen LogP contribution in [0.5, 0.6) is 0 Å². The number of carbonyl (C=O) groups excluding carboxylic acids is 2. The van der Waals surface area contributed by atoms with Gasteiger partial charge < -0.3 is 5.11 Å². The van der Waals surface area contributed by atoms with Crippen molar-refractivity contribution in [3.05, 3.63) is 80.8 Å². The molecule has 38 heavy (non-hydrogen) atoms. The number of benzene rings is 2. The molecule has 7 rings (SSSR count). The molecule has 2 aliphatic carbocycles. The molecule has 3 heterocycles. The minimum atomic E-state index is -0.923. The van der Waals surface area contributed by atoms with E-state index in [9.17, 15) is 19.2 Å². The minimum Gasteiger partial charge on any atom is -0.481 e. The van der Waals surface area contributed by atoms with Gasteiger partial charge in [-0.1, -0.05) is 59.9 Å². The van der Waals surface area contributed by atoms with E-state index in [1.165, 1.54) is 16.2 Å². The van der Waals surface area contributed by atoms with Crippen molar-refractivity contribution < 1.29 is 19.5 Å². The van der Waals surface area contributed by atoms with Crippen LogP contribution in [0.1, 0.15) is 35.6 Å². The number of rotatable bonds is 6.